The van der Waals surface area contributed by atoms with Crippen molar-refractivity contribution in [2.75, 3.05) is 5.75 Å². The summed E-state index contributed by atoms with van der Waals surface area (Å²) in [6, 6.07) is 18.1. The Bertz CT molecular complexity index is 1190. The molecule has 1 aromatic heterocycles. The molecule has 4 rings (SSSR count). The number of benzene rings is 2. The molecule has 0 amide bonds. The molecule has 0 saturated carbocycles. The van der Waals surface area contributed by atoms with E-state index in [1.807, 2.05) is 36.4 Å². The van der Waals surface area contributed by atoms with E-state index in [2.05, 4.69) is 24.3 Å². The quantitative estimate of drug-likeness (QED) is 0.598. The zero-order valence-electron chi connectivity index (χ0n) is 15.9. The third-order valence-corrected chi connectivity index (χ3v) is 9.53. The average molecular weight is 427 g/mol. The minimum Gasteiger partial charge on any atom is -0.481 e. The van der Waals surface area contributed by atoms with E-state index in [1.165, 1.54) is 16.7 Å². The fourth-order valence-electron chi connectivity index (χ4n) is 4.04. The number of carbonyl (C=O) groups is 1. The highest BCUT2D eigenvalue weighted by Gasteiger charge is 2.49. The summed E-state index contributed by atoms with van der Waals surface area (Å²) in [5.41, 5.74) is 1.06. The van der Waals surface area contributed by atoms with Crippen LogP contribution < -0.4 is 0 Å². The van der Waals surface area contributed by atoms with Gasteiger partial charge in [-0.1, -0.05) is 48.9 Å². The maximum atomic E-state index is 12.9. The van der Waals surface area contributed by atoms with E-state index in [0.29, 0.717) is 17.7 Å². The number of sulfone groups is 1. The van der Waals surface area contributed by atoms with E-state index in [9.17, 15) is 18.3 Å². The predicted molar refractivity (Wildman–Crippen MR) is 119 cm³/mol. The Morgan fingerprint density at radius 3 is 2.59 bits per heavy atom. The molecule has 6 heteroatoms. The molecule has 29 heavy (non-hydrogen) atoms. The first-order valence-corrected chi connectivity index (χ1v) is 12.1. The van der Waals surface area contributed by atoms with E-state index in [1.54, 1.807) is 6.07 Å². The van der Waals surface area contributed by atoms with Gasteiger partial charge in [0.1, 0.15) is 4.75 Å². The topological polar surface area (TPSA) is 71.4 Å². The smallest absolute Gasteiger partial charge is 0.305 e. The number of hydrogen-bond acceptors (Lipinski definition) is 4. The zero-order chi connectivity index (χ0) is 20.5. The largest absolute Gasteiger partial charge is 0.481 e. The molecule has 1 atom stereocenters. The van der Waals surface area contributed by atoms with Gasteiger partial charge in [-0.05, 0) is 53.5 Å². The number of hydrogen-bond donors (Lipinski definition) is 1. The van der Waals surface area contributed by atoms with E-state index in [0.717, 1.165) is 22.2 Å². The molecular formula is C23H22O4S2. The van der Waals surface area contributed by atoms with Crippen molar-refractivity contribution >= 4 is 50.1 Å². The van der Waals surface area contributed by atoms with Crippen molar-refractivity contribution in [2.24, 2.45) is 0 Å². The summed E-state index contributed by atoms with van der Waals surface area (Å²) in [5.74, 6) is -1.02. The minimum absolute atomic E-state index is 0.0560. The highest BCUT2D eigenvalue weighted by Crippen LogP contribution is 2.46. The van der Waals surface area contributed by atoms with Crippen LogP contribution in [0.5, 0.6) is 0 Å². The molecule has 1 fully saturated rings. The van der Waals surface area contributed by atoms with Crippen LogP contribution in [0.2, 0.25) is 0 Å². The highest BCUT2D eigenvalue weighted by molar-refractivity contribution is 7.92. The Hall–Kier alpha value is -2.44. The SMILES string of the molecule is O=C(O)C[C@]1(c2ccc(C=Cc3ccc4ccccc4c3)s2)CCCCS1(=O)=O. The van der Waals surface area contributed by atoms with Crippen molar-refractivity contribution < 1.29 is 18.3 Å². The molecule has 0 radical (unpaired) electrons. The molecular weight excluding hydrogens is 404 g/mol. The fourth-order valence-corrected chi connectivity index (χ4v) is 7.71. The van der Waals surface area contributed by atoms with E-state index >= 15 is 0 Å². The summed E-state index contributed by atoms with van der Waals surface area (Å²) in [6.07, 6.45) is 5.29. The number of aliphatic carboxylic acids is 1. The van der Waals surface area contributed by atoms with Crippen molar-refractivity contribution in [3.05, 3.63) is 69.9 Å². The van der Waals surface area contributed by atoms with Crippen molar-refractivity contribution in [3.8, 4) is 0 Å². The van der Waals surface area contributed by atoms with Gasteiger partial charge in [0.2, 0.25) is 0 Å². The maximum absolute atomic E-state index is 12.9. The van der Waals surface area contributed by atoms with Gasteiger partial charge < -0.3 is 5.11 Å². The first-order valence-electron chi connectivity index (χ1n) is 9.61. The van der Waals surface area contributed by atoms with Gasteiger partial charge in [-0.25, -0.2) is 8.42 Å². The Kier molecular flexibility index (Phi) is 5.32. The van der Waals surface area contributed by atoms with Crippen molar-refractivity contribution in [3.63, 3.8) is 0 Å². The molecule has 0 bridgehead atoms. The molecule has 1 aliphatic rings. The molecule has 0 aliphatic carbocycles. The number of carboxylic acid groups (broad SMARTS) is 1. The van der Waals surface area contributed by atoms with Crippen LogP contribution in [0.3, 0.4) is 0 Å². The summed E-state index contributed by atoms with van der Waals surface area (Å²) in [4.78, 5) is 13.0. The average Bonchev–Trinajstić information content (AvgIpc) is 3.17. The molecule has 0 unspecified atom stereocenters. The van der Waals surface area contributed by atoms with Gasteiger partial charge in [0, 0.05) is 9.75 Å². The lowest BCUT2D eigenvalue weighted by atomic mass is 9.95. The molecule has 1 aliphatic heterocycles. The normalized spacial score (nSPS) is 21.5. The Balaban J connectivity index is 1.65. The standard InChI is InChI=1S/C23H22O4S2/c24-22(25)16-23(13-3-4-14-29(23,26)27)21-12-11-20(28-21)10-8-17-7-9-18-5-1-2-6-19(18)15-17/h1-2,5-12,15H,3-4,13-14,16H2,(H,24,25)/t23-/m0/s1. The first-order chi connectivity index (χ1) is 13.9. The second-order valence-corrected chi connectivity index (χ2v) is 11.0. The third kappa shape index (κ3) is 3.87. The van der Waals surface area contributed by atoms with E-state index in [-0.39, 0.29) is 12.2 Å². The van der Waals surface area contributed by atoms with Crippen LogP contribution in [0.15, 0.2) is 54.6 Å². The van der Waals surface area contributed by atoms with Gasteiger partial charge in [0.15, 0.2) is 9.84 Å². The molecule has 150 valence electrons. The second kappa shape index (κ2) is 7.76. The van der Waals surface area contributed by atoms with Crippen molar-refractivity contribution in [1.29, 1.82) is 0 Å². The lowest BCUT2D eigenvalue weighted by molar-refractivity contribution is -0.137. The van der Waals surface area contributed by atoms with Crippen LogP contribution in [0.4, 0.5) is 0 Å². The van der Waals surface area contributed by atoms with Gasteiger partial charge in [0.05, 0.1) is 12.2 Å². The van der Waals surface area contributed by atoms with Crippen LogP contribution in [0, 0.1) is 0 Å². The van der Waals surface area contributed by atoms with Gasteiger partial charge in [-0.3, -0.25) is 4.79 Å². The van der Waals surface area contributed by atoms with Gasteiger partial charge >= 0.3 is 5.97 Å². The maximum Gasteiger partial charge on any atom is 0.305 e. The molecule has 1 N–H and O–H groups in total. The number of fused-ring (bicyclic) bond motifs is 1. The fraction of sp³-hybridized carbons (Fsp3) is 0.261. The molecule has 3 aromatic rings. The van der Waals surface area contributed by atoms with Crippen LogP contribution in [-0.4, -0.2) is 25.2 Å². The van der Waals surface area contributed by atoms with Crippen LogP contribution in [0.25, 0.3) is 22.9 Å². The van der Waals surface area contributed by atoms with Crippen LogP contribution in [-0.2, 0) is 19.4 Å². The summed E-state index contributed by atoms with van der Waals surface area (Å²) in [5, 5.41) is 11.7. The number of thiophene rings is 1. The van der Waals surface area contributed by atoms with Crippen molar-refractivity contribution in [2.45, 2.75) is 30.4 Å². The second-order valence-electron chi connectivity index (χ2n) is 7.48. The molecule has 4 nitrogen and oxygen atoms in total. The highest BCUT2D eigenvalue weighted by atomic mass is 32.2. The summed E-state index contributed by atoms with van der Waals surface area (Å²) < 4.78 is 24.5. The predicted octanol–water partition coefficient (Wildman–Crippen LogP) is 5.34. The molecule has 0 spiro atoms. The van der Waals surface area contributed by atoms with Gasteiger partial charge in [0.25, 0.3) is 0 Å². The monoisotopic (exact) mass is 426 g/mol. The Labute approximate surface area is 174 Å². The number of carboxylic acids is 1. The van der Waals surface area contributed by atoms with Gasteiger partial charge in [-0.2, -0.15) is 0 Å². The Morgan fingerprint density at radius 1 is 1.03 bits per heavy atom. The number of rotatable bonds is 5. The summed E-state index contributed by atoms with van der Waals surface area (Å²) in [6.45, 7) is 0. The minimum atomic E-state index is -3.51. The molecule has 2 aromatic carbocycles. The molecule has 1 saturated heterocycles. The zero-order valence-corrected chi connectivity index (χ0v) is 17.5. The summed E-state index contributed by atoms with van der Waals surface area (Å²) in [7, 11) is -3.51. The van der Waals surface area contributed by atoms with E-state index in [4.69, 9.17) is 0 Å². The lowest BCUT2D eigenvalue weighted by Gasteiger charge is -2.34. The van der Waals surface area contributed by atoms with Gasteiger partial charge in [-0.15, -0.1) is 11.3 Å². The molecule has 2 heterocycles. The van der Waals surface area contributed by atoms with E-state index < -0.39 is 20.6 Å². The summed E-state index contributed by atoms with van der Waals surface area (Å²) >= 11 is 1.38. The lowest BCUT2D eigenvalue weighted by Crippen LogP contribution is -2.41. The first kappa shape index (κ1) is 19.9. The van der Waals surface area contributed by atoms with Crippen LogP contribution >= 0.6 is 11.3 Å². The third-order valence-electron chi connectivity index (χ3n) is 5.57. The van der Waals surface area contributed by atoms with Crippen LogP contribution in [0.1, 0.15) is 41.0 Å². The van der Waals surface area contributed by atoms with Crippen molar-refractivity contribution in [1.82, 2.24) is 0 Å². The Morgan fingerprint density at radius 2 is 1.83 bits per heavy atom.